The van der Waals surface area contributed by atoms with E-state index in [0.717, 1.165) is 0 Å². The van der Waals surface area contributed by atoms with Gasteiger partial charge in [0.15, 0.2) is 9.84 Å². The summed E-state index contributed by atoms with van der Waals surface area (Å²) in [6, 6.07) is 4.38. The number of carboxylic acid groups (broad SMARTS) is 1. The Morgan fingerprint density at radius 1 is 1.47 bits per heavy atom. The SMILES string of the molecule is CC1Cc2c(C(=O)O)cccc2S1(=O)=O. The number of rotatable bonds is 1. The molecule has 0 amide bonds. The van der Waals surface area contributed by atoms with Crippen LogP contribution in [0.15, 0.2) is 23.1 Å². The summed E-state index contributed by atoms with van der Waals surface area (Å²) in [5.74, 6) is -1.07. The van der Waals surface area contributed by atoms with Crippen LogP contribution in [0.2, 0.25) is 0 Å². The van der Waals surface area contributed by atoms with Crippen molar-refractivity contribution in [3.63, 3.8) is 0 Å². The molecule has 1 aromatic rings. The predicted octanol–water partition coefficient (Wildman–Crippen LogP) is 1.10. The fraction of sp³-hybridized carbons (Fsp3) is 0.300. The summed E-state index contributed by atoms with van der Waals surface area (Å²) in [7, 11) is -3.30. The number of sulfone groups is 1. The second-order valence-electron chi connectivity index (χ2n) is 3.65. The number of fused-ring (bicyclic) bond motifs is 1. The summed E-state index contributed by atoms with van der Waals surface area (Å²) < 4.78 is 23.5. The van der Waals surface area contributed by atoms with Crippen molar-refractivity contribution in [2.24, 2.45) is 0 Å². The summed E-state index contributed by atoms with van der Waals surface area (Å²) in [4.78, 5) is 11.1. The van der Waals surface area contributed by atoms with E-state index in [1.165, 1.54) is 18.2 Å². The van der Waals surface area contributed by atoms with Gasteiger partial charge >= 0.3 is 5.97 Å². The quantitative estimate of drug-likeness (QED) is 0.778. The van der Waals surface area contributed by atoms with Gasteiger partial charge in [-0.3, -0.25) is 0 Å². The number of benzene rings is 1. The van der Waals surface area contributed by atoms with Crippen molar-refractivity contribution in [2.45, 2.75) is 23.5 Å². The molecule has 4 nitrogen and oxygen atoms in total. The van der Waals surface area contributed by atoms with Gasteiger partial charge in [-0.15, -0.1) is 0 Å². The van der Waals surface area contributed by atoms with Crippen molar-refractivity contribution >= 4 is 15.8 Å². The second-order valence-corrected chi connectivity index (χ2v) is 5.98. The highest BCUT2D eigenvalue weighted by atomic mass is 32.2. The fourth-order valence-electron chi connectivity index (χ4n) is 1.86. The van der Waals surface area contributed by atoms with Crippen molar-refractivity contribution in [1.82, 2.24) is 0 Å². The number of carboxylic acids is 1. The molecule has 0 fully saturated rings. The Labute approximate surface area is 87.5 Å². The van der Waals surface area contributed by atoms with Crippen LogP contribution in [0.25, 0.3) is 0 Å². The van der Waals surface area contributed by atoms with Gasteiger partial charge in [-0.25, -0.2) is 13.2 Å². The van der Waals surface area contributed by atoms with Gasteiger partial charge in [0.1, 0.15) is 0 Å². The molecule has 1 atom stereocenters. The minimum Gasteiger partial charge on any atom is -0.478 e. The molecule has 1 N–H and O–H groups in total. The van der Waals surface area contributed by atoms with Gasteiger partial charge < -0.3 is 5.11 Å². The maximum Gasteiger partial charge on any atom is 0.336 e. The predicted molar refractivity (Wildman–Crippen MR) is 53.8 cm³/mol. The van der Waals surface area contributed by atoms with E-state index in [2.05, 4.69) is 0 Å². The Balaban J connectivity index is 2.74. The second kappa shape index (κ2) is 3.06. The normalized spacial score (nSPS) is 22.3. The van der Waals surface area contributed by atoms with Crippen LogP contribution in [-0.4, -0.2) is 24.7 Å². The molecule has 0 radical (unpaired) electrons. The average Bonchev–Trinajstić information content (AvgIpc) is 2.38. The molecule has 5 heteroatoms. The number of carbonyl (C=O) groups is 1. The van der Waals surface area contributed by atoms with Crippen LogP contribution in [0, 0.1) is 0 Å². The van der Waals surface area contributed by atoms with Crippen molar-refractivity contribution < 1.29 is 18.3 Å². The lowest BCUT2D eigenvalue weighted by Gasteiger charge is -2.01. The largest absolute Gasteiger partial charge is 0.478 e. The van der Waals surface area contributed by atoms with Crippen LogP contribution in [-0.2, 0) is 16.3 Å². The molecular weight excluding hydrogens is 216 g/mol. The molecule has 0 saturated carbocycles. The monoisotopic (exact) mass is 226 g/mol. The van der Waals surface area contributed by atoms with E-state index in [9.17, 15) is 13.2 Å². The highest BCUT2D eigenvalue weighted by molar-refractivity contribution is 7.92. The molecule has 1 unspecified atom stereocenters. The minimum atomic E-state index is -3.30. The van der Waals surface area contributed by atoms with Crippen LogP contribution < -0.4 is 0 Å². The Morgan fingerprint density at radius 3 is 2.73 bits per heavy atom. The first-order valence-electron chi connectivity index (χ1n) is 4.53. The number of hydrogen-bond acceptors (Lipinski definition) is 3. The maximum absolute atomic E-state index is 11.8. The minimum absolute atomic E-state index is 0.0976. The zero-order chi connectivity index (χ0) is 11.2. The molecule has 1 aromatic carbocycles. The lowest BCUT2D eigenvalue weighted by atomic mass is 10.0. The smallest absolute Gasteiger partial charge is 0.336 e. The highest BCUT2D eigenvalue weighted by Crippen LogP contribution is 2.33. The van der Waals surface area contributed by atoms with E-state index < -0.39 is 21.1 Å². The zero-order valence-electron chi connectivity index (χ0n) is 8.10. The first-order chi connectivity index (χ1) is 6.94. The van der Waals surface area contributed by atoms with E-state index in [1.807, 2.05) is 0 Å². The van der Waals surface area contributed by atoms with Gasteiger partial charge in [0, 0.05) is 0 Å². The summed E-state index contributed by atoms with van der Waals surface area (Å²) in [5.41, 5.74) is 0.540. The van der Waals surface area contributed by atoms with Crippen molar-refractivity contribution in [3.05, 3.63) is 29.3 Å². The Bertz CT molecular complexity index is 530. The molecule has 80 valence electrons. The molecule has 1 aliphatic heterocycles. The van der Waals surface area contributed by atoms with Crippen LogP contribution in [0.3, 0.4) is 0 Å². The Morgan fingerprint density at radius 2 is 2.13 bits per heavy atom. The Hall–Kier alpha value is -1.36. The summed E-state index contributed by atoms with van der Waals surface area (Å²) in [5, 5.41) is 8.39. The molecule has 0 spiro atoms. The summed E-state index contributed by atoms with van der Waals surface area (Å²) in [6.45, 7) is 1.60. The number of hydrogen-bond donors (Lipinski definition) is 1. The standard InChI is InChI=1S/C10H10O4S/c1-6-5-8-7(10(11)12)3-2-4-9(8)15(6,13)14/h2-4,6H,5H2,1H3,(H,11,12). The lowest BCUT2D eigenvalue weighted by molar-refractivity contribution is 0.0695. The molecule has 0 bridgehead atoms. The third kappa shape index (κ3) is 1.34. The van der Waals surface area contributed by atoms with Gasteiger partial charge in [0.05, 0.1) is 15.7 Å². The van der Waals surface area contributed by atoms with Gasteiger partial charge in [0.25, 0.3) is 0 Å². The molecule has 0 saturated heterocycles. The third-order valence-electron chi connectivity index (χ3n) is 2.69. The molecular formula is C10H10O4S. The summed E-state index contributed by atoms with van der Waals surface area (Å²) >= 11 is 0. The van der Waals surface area contributed by atoms with Crippen molar-refractivity contribution in [1.29, 1.82) is 0 Å². The van der Waals surface area contributed by atoms with Crippen molar-refractivity contribution in [3.8, 4) is 0 Å². The van der Waals surface area contributed by atoms with Crippen LogP contribution in [0.1, 0.15) is 22.8 Å². The third-order valence-corrected chi connectivity index (χ3v) is 4.91. The molecule has 2 rings (SSSR count). The average molecular weight is 226 g/mol. The molecule has 1 aliphatic rings. The van der Waals surface area contributed by atoms with Gasteiger partial charge in [-0.05, 0) is 31.0 Å². The van der Waals surface area contributed by atoms with E-state index in [4.69, 9.17) is 5.11 Å². The molecule has 0 aromatic heterocycles. The van der Waals surface area contributed by atoms with Crippen molar-refractivity contribution in [2.75, 3.05) is 0 Å². The zero-order valence-corrected chi connectivity index (χ0v) is 8.91. The van der Waals surface area contributed by atoms with Gasteiger partial charge in [-0.2, -0.15) is 0 Å². The van der Waals surface area contributed by atoms with Crippen LogP contribution in [0.4, 0.5) is 0 Å². The Kier molecular flexibility index (Phi) is 2.08. The first kappa shape index (κ1) is 10.2. The first-order valence-corrected chi connectivity index (χ1v) is 6.08. The van der Waals surface area contributed by atoms with E-state index in [0.29, 0.717) is 12.0 Å². The van der Waals surface area contributed by atoms with Gasteiger partial charge in [-0.1, -0.05) is 6.07 Å². The van der Waals surface area contributed by atoms with Crippen LogP contribution >= 0.6 is 0 Å². The lowest BCUT2D eigenvalue weighted by Crippen LogP contribution is -2.11. The number of aromatic carboxylic acids is 1. The highest BCUT2D eigenvalue weighted by Gasteiger charge is 2.35. The van der Waals surface area contributed by atoms with E-state index in [1.54, 1.807) is 6.92 Å². The van der Waals surface area contributed by atoms with Crippen LogP contribution in [0.5, 0.6) is 0 Å². The summed E-state index contributed by atoms with van der Waals surface area (Å²) in [6.07, 6.45) is 0.292. The topological polar surface area (TPSA) is 71.4 Å². The molecule has 1 heterocycles. The van der Waals surface area contributed by atoms with Gasteiger partial charge in [0.2, 0.25) is 0 Å². The fourth-order valence-corrected chi connectivity index (χ4v) is 3.48. The molecule has 0 aliphatic carbocycles. The van der Waals surface area contributed by atoms with E-state index >= 15 is 0 Å². The maximum atomic E-state index is 11.8. The molecule has 15 heavy (non-hydrogen) atoms. The van der Waals surface area contributed by atoms with E-state index in [-0.39, 0.29) is 10.5 Å².